The number of nitrogens with one attached hydrogen (secondary N) is 1. The Morgan fingerprint density at radius 2 is 1.96 bits per heavy atom. The van der Waals surface area contributed by atoms with Crippen molar-refractivity contribution >= 4 is 24.2 Å². The molecule has 2 atom stereocenters. The van der Waals surface area contributed by atoms with E-state index in [1.165, 1.54) is 5.56 Å². The van der Waals surface area contributed by atoms with E-state index in [0.29, 0.717) is 19.5 Å². The lowest BCUT2D eigenvalue weighted by atomic mass is 9.91. The highest BCUT2D eigenvalue weighted by atomic mass is 35.5. The fourth-order valence-electron chi connectivity index (χ4n) is 3.08. The van der Waals surface area contributed by atoms with Gasteiger partial charge in [0.1, 0.15) is 6.04 Å². The van der Waals surface area contributed by atoms with Crippen LogP contribution in [0.15, 0.2) is 24.3 Å². The first-order chi connectivity index (χ1) is 11.5. The monoisotopic (exact) mass is 367 g/mol. The molecule has 2 amide bonds. The van der Waals surface area contributed by atoms with Crippen molar-refractivity contribution < 1.29 is 9.59 Å². The largest absolute Gasteiger partial charge is 0.343 e. The van der Waals surface area contributed by atoms with Gasteiger partial charge in [-0.15, -0.1) is 12.4 Å². The van der Waals surface area contributed by atoms with E-state index in [9.17, 15) is 9.59 Å². The van der Waals surface area contributed by atoms with Crippen LogP contribution in [0.2, 0.25) is 0 Å². The second-order valence-corrected chi connectivity index (χ2v) is 6.63. The van der Waals surface area contributed by atoms with Gasteiger partial charge in [-0.1, -0.05) is 38.1 Å². The molecule has 140 valence electrons. The van der Waals surface area contributed by atoms with Gasteiger partial charge in [0.25, 0.3) is 0 Å². The zero-order valence-electron chi connectivity index (χ0n) is 15.6. The third-order valence-corrected chi connectivity index (χ3v) is 4.92. The fraction of sp³-hybridized carbons (Fsp3) is 0.579. The lowest BCUT2D eigenvalue weighted by molar-refractivity contribution is -0.148. The third kappa shape index (κ3) is 4.95. The van der Waals surface area contributed by atoms with Crippen molar-refractivity contribution in [2.75, 3.05) is 27.2 Å². The lowest BCUT2D eigenvalue weighted by Gasteiger charge is -2.39. The number of halogens is 1. The molecule has 2 rings (SSSR count). The minimum absolute atomic E-state index is 0. The third-order valence-electron chi connectivity index (χ3n) is 4.92. The van der Waals surface area contributed by atoms with Crippen LogP contribution in [0.4, 0.5) is 0 Å². The summed E-state index contributed by atoms with van der Waals surface area (Å²) in [6, 6.07) is 7.71. The Morgan fingerprint density at radius 3 is 2.56 bits per heavy atom. The maximum atomic E-state index is 12.9. The SMILES string of the molecule is CCC(C)C(=O)N1Cc2ccccc2CC1C(=O)N(C)CCNC.Cl. The predicted molar refractivity (Wildman–Crippen MR) is 103 cm³/mol. The molecule has 1 N–H and O–H groups in total. The van der Waals surface area contributed by atoms with Gasteiger partial charge in [0, 0.05) is 39.0 Å². The number of carbonyl (C=O) groups excluding carboxylic acids is 2. The summed E-state index contributed by atoms with van der Waals surface area (Å²) in [4.78, 5) is 29.3. The van der Waals surface area contributed by atoms with Crippen LogP contribution < -0.4 is 5.32 Å². The predicted octanol–water partition coefficient (Wildman–Crippen LogP) is 2.09. The Bertz CT molecular complexity index is 594. The summed E-state index contributed by atoms with van der Waals surface area (Å²) in [5, 5.41) is 3.06. The van der Waals surface area contributed by atoms with Gasteiger partial charge in [-0.3, -0.25) is 9.59 Å². The quantitative estimate of drug-likeness (QED) is 0.837. The topological polar surface area (TPSA) is 52.7 Å². The van der Waals surface area contributed by atoms with Crippen molar-refractivity contribution in [3.05, 3.63) is 35.4 Å². The lowest BCUT2D eigenvalue weighted by Crippen LogP contribution is -2.54. The molecular weight excluding hydrogens is 338 g/mol. The summed E-state index contributed by atoms with van der Waals surface area (Å²) in [7, 11) is 3.68. The van der Waals surface area contributed by atoms with E-state index in [2.05, 4.69) is 17.4 Å². The van der Waals surface area contributed by atoms with Crippen molar-refractivity contribution in [2.24, 2.45) is 5.92 Å². The first-order valence-corrected chi connectivity index (χ1v) is 8.76. The summed E-state index contributed by atoms with van der Waals surface area (Å²) in [5.74, 6) is 0.0388. The molecule has 1 aromatic rings. The van der Waals surface area contributed by atoms with E-state index in [0.717, 1.165) is 18.5 Å². The zero-order chi connectivity index (χ0) is 17.7. The van der Waals surface area contributed by atoms with Crippen molar-refractivity contribution in [1.82, 2.24) is 15.1 Å². The van der Waals surface area contributed by atoms with Crippen LogP contribution in [-0.4, -0.2) is 54.8 Å². The molecule has 1 aliphatic heterocycles. The standard InChI is InChI=1S/C19H29N3O2.ClH/c1-5-14(2)18(23)22-13-16-9-7-6-8-15(16)12-17(22)19(24)21(4)11-10-20-3;/h6-9,14,17,20H,5,10-13H2,1-4H3;1H. The average Bonchev–Trinajstić information content (AvgIpc) is 2.62. The minimum Gasteiger partial charge on any atom is -0.343 e. The molecule has 6 heteroatoms. The highest BCUT2D eigenvalue weighted by Crippen LogP contribution is 2.26. The normalized spacial score (nSPS) is 17.3. The van der Waals surface area contributed by atoms with Gasteiger partial charge < -0.3 is 15.1 Å². The summed E-state index contributed by atoms with van der Waals surface area (Å²) >= 11 is 0. The molecule has 1 heterocycles. The van der Waals surface area contributed by atoms with Crippen LogP contribution >= 0.6 is 12.4 Å². The zero-order valence-corrected chi connectivity index (χ0v) is 16.4. The highest BCUT2D eigenvalue weighted by Gasteiger charge is 2.36. The van der Waals surface area contributed by atoms with Gasteiger partial charge >= 0.3 is 0 Å². The molecule has 0 radical (unpaired) electrons. The van der Waals surface area contributed by atoms with Gasteiger partial charge in [-0.25, -0.2) is 0 Å². The van der Waals surface area contributed by atoms with Crippen molar-refractivity contribution in [3.8, 4) is 0 Å². The number of hydrogen-bond donors (Lipinski definition) is 1. The number of rotatable bonds is 6. The molecular formula is C19H30ClN3O2. The molecule has 0 aliphatic carbocycles. The minimum atomic E-state index is -0.400. The Hall–Kier alpha value is -1.59. The second-order valence-electron chi connectivity index (χ2n) is 6.63. The van der Waals surface area contributed by atoms with Crippen LogP contribution in [0.1, 0.15) is 31.4 Å². The first-order valence-electron chi connectivity index (χ1n) is 8.76. The Labute approximate surface area is 157 Å². The van der Waals surface area contributed by atoms with E-state index in [1.54, 1.807) is 9.80 Å². The van der Waals surface area contributed by atoms with Gasteiger partial charge in [0.2, 0.25) is 11.8 Å². The van der Waals surface area contributed by atoms with Crippen LogP contribution in [0.5, 0.6) is 0 Å². The summed E-state index contributed by atoms with van der Waals surface area (Å²) < 4.78 is 0. The molecule has 1 aromatic carbocycles. The first kappa shape index (κ1) is 21.5. The van der Waals surface area contributed by atoms with Gasteiger partial charge in [-0.05, 0) is 24.6 Å². The molecule has 25 heavy (non-hydrogen) atoms. The van der Waals surface area contributed by atoms with E-state index >= 15 is 0 Å². The molecule has 0 fully saturated rings. The summed E-state index contributed by atoms with van der Waals surface area (Å²) in [6.07, 6.45) is 1.38. The summed E-state index contributed by atoms with van der Waals surface area (Å²) in [6.45, 7) is 5.85. The molecule has 0 saturated carbocycles. The van der Waals surface area contributed by atoms with Gasteiger partial charge in [0.15, 0.2) is 0 Å². The molecule has 0 saturated heterocycles. The van der Waals surface area contributed by atoms with Crippen molar-refractivity contribution in [3.63, 3.8) is 0 Å². The number of amides is 2. The Kier molecular flexibility index (Phi) is 8.39. The van der Waals surface area contributed by atoms with Crippen molar-refractivity contribution in [1.29, 1.82) is 0 Å². The van der Waals surface area contributed by atoms with E-state index in [1.807, 2.05) is 40.1 Å². The van der Waals surface area contributed by atoms with Crippen LogP contribution in [0.3, 0.4) is 0 Å². The second kappa shape index (κ2) is 9.78. The van der Waals surface area contributed by atoms with Gasteiger partial charge in [-0.2, -0.15) is 0 Å². The molecule has 0 bridgehead atoms. The summed E-state index contributed by atoms with van der Waals surface area (Å²) in [5.41, 5.74) is 2.32. The molecule has 1 aliphatic rings. The van der Waals surface area contributed by atoms with E-state index in [-0.39, 0.29) is 30.1 Å². The number of nitrogens with zero attached hydrogens (tertiary/aromatic N) is 2. The molecule has 2 unspecified atom stereocenters. The number of likely N-dealkylation sites (N-methyl/N-ethyl adjacent to an activating group) is 2. The van der Waals surface area contributed by atoms with Crippen LogP contribution in [0, 0.1) is 5.92 Å². The smallest absolute Gasteiger partial charge is 0.245 e. The Balaban J connectivity index is 0.00000312. The number of hydrogen-bond acceptors (Lipinski definition) is 3. The van der Waals surface area contributed by atoms with Crippen LogP contribution in [-0.2, 0) is 22.6 Å². The number of carbonyl (C=O) groups is 2. The number of fused-ring (bicyclic) bond motifs is 1. The number of benzene rings is 1. The highest BCUT2D eigenvalue weighted by molar-refractivity contribution is 5.89. The van der Waals surface area contributed by atoms with E-state index in [4.69, 9.17) is 0 Å². The van der Waals surface area contributed by atoms with E-state index < -0.39 is 6.04 Å². The van der Waals surface area contributed by atoms with Crippen LogP contribution in [0.25, 0.3) is 0 Å². The maximum Gasteiger partial charge on any atom is 0.245 e. The van der Waals surface area contributed by atoms with Gasteiger partial charge in [0.05, 0.1) is 0 Å². The maximum absolute atomic E-state index is 12.9. The molecule has 0 spiro atoms. The fourth-order valence-corrected chi connectivity index (χ4v) is 3.08. The average molecular weight is 368 g/mol. The Morgan fingerprint density at radius 1 is 1.32 bits per heavy atom. The molecule has 0 aromatic heterocycles. The van der Waals surface area contributed by atoms with Crippen molar-refractivity contribution in [2.45, 2.75) is 39.3 Å². The molecule has 5 nitrogen and oxygen atoms in total.